The summed E-state index contributed by atoms with van der Waals surface area (Å²) >= 11 is 0. The molecule has 2 rings (SSSR count). The van der Waals surface area contributed by atoms with Crippen LogP contribution in [0.1, 0.15) is 29.8 Å². The second kappa shape index (κ2) is 10.1. The van der Waals surface area contributed by atoms with E-state index in [2.05, 4.69) is 11.2 Å². The van der Waals surface area contributed by atoms with Gasteiger partial charge in [0.1, 0.15) is 12.4 Å². The lowest BCUT2D eigenvalue weighted by Crippen LogP contribution is -2.33. The van der Waals surface area contributed by atoms with Crippen LogP contribution in [0.25, 0.3) is 0 Å². The SMILES string of the molecule is C#CCOc1ccc(CCNC(=O)c2ccc(S(=O)(=O)N(C)C(C)C)cc2)cc1. The van der Waals surface area contributed by atoms with E-state index in [0.29, 0.717) is 24.3 Å². The molecule has 2 aromatic rings. The molecule has 1 amide bonds. The molecule has 0 spiro atoms. The lowest BCUT2D eigenvalue weighted by atomic mass is 10.1. The number of benzene rings is 2. The predicted molar refractivity (Wildman–Crippen MR) is 113 cm³/mol. The maximum absolute atomic E-state index is 12.5. The van der Waals surface area contributed by atoms with Crippen LogP contribution in [0.15, 0.2) is 53.4 Å². The van der Waals surface area contributed by atoms with Crippen molar-refractivity contribution in [2.45, 2.75) is 31.2 Å². The molecule has 0 unspecified atom stereocenters. The zero-order valence-corrected chi connectivity index (χ0v) is 17.7. The Balaban J connectivity index is 1.90. The normalized spacial score (nSPS) is 11.3. The topological polar surface area (TPSA) is 75.7 Å². The van der Waals surface area contributed by atoms with E-state index in [9.17, 15) is 13.2 Å². The molecule has 154 valence electrons. The third kappa shape index (κ3) is 6.08. The van der Waals surface area contributed by atoms with Crippen LogP contribution in [0.2, 0.25) is 0 Å². The van der Waals surface area contributed by atoms with Crippen molar-refractivity contribution in [3.63, 3.8) is 0 Å². The Morgan fingerprint density at radius 3 is 2.31 bits per heavy atom. The van der Waals surface area contributed by atoms with E-state index >= 15 is 0 Å². The fourth-order valence-corrected chi connectivity index (χ4v) is 3.89. The molecule has 29 heavy (non-hydrogen) atoms. The Morgan fingerprint density at radius 1 is 1.14 bits per heavy atom. The number of terminal acetylenes is 1. The lowest BCUT2D eigenvalue weighted by Gasteiger charge is -2.21. The lowest BCUT2D eigenvalue weighted by molar-refractivity contribution is 0.0954. The first-order chi connectivity index (χ1) is 13.8. The number of rotatable bonds is 9. The zero-order chi connectivity index (χ0) is 21.4. The van der Waals surface area contributed by atoms with E-state index in [1.807, 2.05) is 24.3 Å². The molecule has 7 heteroatoms. The van der Waals surface area contributed by atoms with Crippen LogP contribution in [0.5, 0.6) is 5.75 Å². The molecule has 0 aromatic heterocycles. The van der Waals surface area contributed by atoms with Crippen molar-refractivity contribution < 1.29 is 17.9 Å². The third-order valence-electron chi connectivity index (χ3n) is 4.47. The number of hydrogen-bond acceptors (Lipinski definition) is 4. The van der Waals surface area contributed by atoms with Crippen LogP contribution in [0, 0.1) is 12.3 Å². The number of sulfonamides is 1. The highest BCUT2D eigenvalue weighted by atomic mass is 32.2. The van der Waals surface area contributed by atoms with Crippen LogP contribution in [0.4, 0.5) is 0 Å². The minimum atomic E-state index is -3.56. The highest BCUT2D eigenvalue weighted by Gasteiger charge is 2.23. The summed E-state index contributed by atoms with van der Waals surface area (Å²) in [4.78, 5) is 12.5. The molecule has 0 saturated carbocycles. The van der Waals surface area contributed by atoms with Gasteiger partial charge in [-0.05, 0) is 62.2 Å². The summed E-state index contributed by atoms with van der Waals surface area (Å²) in [5.74, 6) is 2.86. The van der Waals surface area contributed by atoms with Crippen LogP contribution >= 0.6 is 0 Å². The Bertz CT molecular complexity index is 959. The molecule has 0 fully saturated rings. The van der Waals surface area contributed by atoms with Gasteiger partial charge < -0.3 is 10.1 Å². The largest absolute Gasteiger partial charge is 0.481 e. The quantitative estimate of drug-likeness (QED) is 0.640. The summed E-state index contributed by atoms with van der Waals surface area (Å²) < 4.78 is 31.6. The Hall–Kier alpha value is -2.82. The Morgan fingerprint density at radius 2 is 1.76 bits per heavy atom. The van der Waals surface area contributed by atoms with Crippen molar-refractivity contribution in [1.82, 2.24) is 9.62 Å². The van der Waals surface area contributed by atoms with E-state index < -0.39 is 10.0 Å². The van der Waals surface area contributed by atoms with Crippen LogP contribution in [0.3, 0.4) is 0 Å². The van der Waals surface area contributed by atoms with Crippen molar-refractivity contribution >= 4 is 15.9 Å². The Kier molecular flexibility index (Phi) is 7.82. The van der Waals surface area contributed by atoms with Gasteiger partial charge in [0, 0.05) is 25.2 Å². The Labute approximate surface area is 172 Å². The highest BCUT2D eigenvalue weighted by molar-refractivity contribution is 7.89. The van der Waals surface area contributed by atoms with Gasteiger partial charge in [-0.25, -0.2) is 8.42 Å². The van der Waals surface area contributed by atoms with E-state index in [-0.39, 0.29) is 23.5 Å². The number of carbonyl (C=O) groups excluding carboxylic acids is 1. The molecule has 0 bridgehead atoms. The fraction of sp³-hybridized carbons (Fsp3) is 0.318. The van der Waals surface area contributed by atoms with Crippen LogP contribution in [-0.4, -0.2) is 44.9 Å². The number of amides is 1. The van der Waals surface area contributed by atoms with Gasteiger partial charge in [-0.2, -0.15) is 4.31 Å². The van der Waals surface area contributed by atoms with E-state index in [0.717, 1.165) is 5.56 Å². The molecule has 0 heterocycles. The summed E-state index contributed by atoms with van der Waals surface area (Å²) in [5, 5.41) is 2.84. The van der Waals surface area contributed by atoms with Gasteiger partial charge >= 0.3 is 0 Å². The standard InChI is InChI=1S/C22H26N2O4S/c1-5-16-28-20-10-6-18(7-11-20)14-15-23-22(25)19-8-12-21(13-9-19)29(26,27)24(4)17(2)3/h1,6-13,17H,14-16H2,2-4H3,(H,23,25). The van der Waals surface area contributed by atoms with Gasteiger partial charge in [0.05, 0.1) is 4.90 Å². The van der Waals surface area contributed by atoms with E-state index in [1.165, 1.54) is 35.6 Å². The number of nitrogens with zero attached hydrogens (tertiary/aromatic N) is 1. The first kappa shape index (κ1) is 22.5. The number of carbonyl (C=O) groups is 1. The molecule has 0 radical (unpaired) electrons. The summed E-state index contributed by atoms with van der Waals surface area (Å²) in [6.45, 7) is 4.29. The third-order valence-corrected chi connectivity index (χ3v) is 6.51. The second-order valence-corrected chi connectivity index (χ2v) is 8.78. The average molecular weight is 415 g/mol. The summed E-state index contributed by atoms with van der Waals surface area (Å²) in [6, 6.07) is 13.3. The van der Waals surface area contributed by atoms with Crippen molar-refractivity contribution in [1.29, 1.82) is 0 Å². The molecule has 0 aliphatic rings. The average Bonchev–Trinajstić information content (AvgIpc) is 2.72. The minimum absolute atomic E-state index is 0.152. The fourth-order valence-electron chi connectivity index (χ4n) is 2.52. The minimum Gasteiger partial charge on any atom is -0.481 e. The van der Waals surface area contributed by atoms with Crippen molar-refractivity contribution in [3.8, 4) is 18.1 Å². The molecular formula is C22H26N2O4S. The monoisotopic (exact) mass is 414 g/mol. The van der Waals surface area contributed by atoms with Gasteiger partial charge in [-0.1, -0.05) is 18.1 Å². The first-order valence-corrected chi connectivity index (χ1v) is 10.7. The summed E-state index contributed by atoms with van der Waals surface area (Å²) in [7, 11) is -2.03. The van der Waals surface area contributed by atoms with E-state index in [1.54, 1.807) is 13.8 Å². The smallest absolute Gasteiger partial charge is 0.251 e. The summed E-state index contributed by atoms with van der Waals surface area (Å²) in [6.07, 6.45) is 5.82. The van der Waals surface area contributed by atoms with Crippen molar-refractivity contribution in [2.24, 2.45) is 0 Å². The molecule has 1 N–H and O–H groups in total. The van der Waals surface area contributed by atoms with Crippen molar-refractivity contribution in [2.75, 3.05) is 20.2 Å². The second-order valence-electron chi connectivity index (χ2n) is 6.78. The number of hydrogen-bond donors (Lipinski definition) is 1. The number of ether oxygens (including phenoxy) is 1. The van der Waals surface area contributed by atoms with Gasteiger partial charge in [0.25, 0.3) is 5.91 Å². The molecule has 0 atom stereocenters. The maximum Gasteiger partial charge on any atom is 0.251 e. The molecule has 0 saturated heterocycles. The molecule has 6 nitrogen and oxygen atoms in total. The number of nitrogens with one attached hydrogen (secondary N) is 1. The highest BCUT2D eigenvalue weighted by Crippen LogP contribution is 2.17. The van der Waals surface area contributed by atoms with Gasteiger partial charge in [-0.3, -0.25) is 4.79 Å². The van der Waals surface area contributed by atoms with Gasteiger partial charge in [-0.15, -0.1) is 6.42 Å². The van der Waals surface area contributed by atoms with Crippen LogP contribution in [-0.2, 0) is 16.4 Å². The first-order valence-electron chi connectivity index (χ1n) is 9.27. The summed E-state index contributed by atoms with van der Waals surface area (Å²) in [5.41, 5.74) is 1.46. The molecular weight excluding hydrogens is 388 g/mol. The van der Waals surface area contributed by atoms with Gasteiger partial charge in [0.2, 0.25) is 10.0 Å². The van der Waals surface area contributed by atoms with Gasteiger partial charge in [0.15, 0.2) is 0 Å². The maximum atomic E-state index is 12.5. The predicted octanol–water partition coefficient (Wildman–Crippen LogP) is 2.70. The molecule has 2 aromatic carbocycles. The van der Waals surface area contributed by atoms with E-state index in [4.69, 9.17) is 11.2 Å². The van der Waals surface area contributed by atoms with Crippen molar-refractivity contribution in [3.05, 3.63) is 59.7 Å². The molecule has 0 aliphatic carbocycles. The molecule has 0 aliphatic heterocycles. The van der Waals surface area contributed by atoms with Crippen LogP contribution < -0.4 is 10.1 Å². The zero-order valence-electron chi connectivity index (χ0n) is 16.9.